The number of benzene rings is 3. The van der Waals surface area contributed by atoms with Crippen LogP contribution >= 0.6 is 0 Å². The predicted molar refractivity (Wildman–Crippen MR) is 330 cm³/mol. The third-order valence-electron chi connectivity index (χ3n) is 19.4. The summed E-state index contributed by atoms with van der Waals surface area (Å²) < 4.78 is 73.5. The number of para-hydroxylation sites is 1. The standard InChI is InChI=1S/C64H77N11O12S/c1-40(2)86-55-7-5-4-6-47(55)54-37-70(36-41-28-57(81-3)61(66-35-41)72-21-26-83-27-22-72)19-20-73(54)45-33-64(34-45)14-17-71(18-15-64)44-8-9-48(51(30-44)74-50-13-25-84-39-58(50)87-63-53(74)29-43-10-16-65-60(43)68-63)62(76)69-88(79,80)46-31-52(75(77)78)59-56(32-46)85-38-49(67-59)42-11-23-82-24-12-42/h4-10,16,28-32,35,40,42,45,49-50,54,58,67H,11-15,17-27,33-34,36-39H2,1-3H3,(H,65,68)(H,69,76)/t49-,50-,54+,58-/m0/s1. The minimum Gasteiger partial charge on any atom is -0.493 e. The topological polar surface area (TPSA) is 241 Å². The van der Waals surface area contributed by atoms with E-state index in [0.29, 0.717) is 68.4 Å². The molecule has 24 heteroatoms. The quantitative estimate of drug-likeness (QED) is 0.0648. The number of ether oxygens (including phenoxy) is 7. The molecule has 10 heterocycles. The number of carbonyl (C=O) groups is 1. The lowest BCUT2D eigenvalue weighted by molar-refractivity contribution is -0.384. The van der Waals surface area contributed by atoms with Crippen LogP contribution in [0.3, 0.4) is 0 Å². The van der Waals surface area contributed by atoms with Crippen molar-refractivity contribution in [1.82, 2.24) is 29.5 Å². The van der Waals surface area contributed by atoms with Gasteiger partial charge in [-0.2, -0.15) is 4.98 Å². The fourth-order valence-electron chi connectivity index (χ4n) is 14.8. The first-order valence-electron chi connectivity index (χ1n) is 31.1. The van der Waals surface area contributed by atoms with Gasteiger partial charge in [0.05, 0.1) is 72.2 Å². The van der Waals surface area contributed by atoms with Crippen molar-refractivity contribution in [3.8, 4) is 23.1 Å². The number of nitro groups is 1. The van der Waals surface area contributed by atoms with Crippen LogP contribution in [0.2, 0.25) is 0 Å². The van der Waals surface area contributed by atoms with E-state index in [4.69, 9.17) is 43.1 Å². The second-order valence-electron chi connectivity index (χ2n) is 25.1. The zero-order chi connectivity index (χ0) is 60.3. The summed E-state index contributed by atoms with van der Waals surface area (Å²) in [6.45, 7) is 14.1. The summed E-state index contributed by atoms with van der Waals surface area (Å²) in [5, 5.41) is 16.8. The third-order valence-corrected chi connectivity index (χ3v) is 20.7. The Morgan fingerprint density at radius 2 is 1.67 bits per heavy atom. The van der Waals surface area contributed by atoms with Crippen LogP contribution in [-0.2, 0) is 30.8 Å². The number of aromatic amines is 1. The Labute approximate surface area is 512 Å². The number of nitrogens with zero attached hydrogens (tertiary/aromatic N) is 8. The van der Waals surface area contributed by atoms with E-state index in [1.54, 1.807) is 13.2 Å². The molecule has 0 radical (unpaired) electrons. The summed E-state index contributed by atoms with van der Waals surface area (Å²) >= 11 is 0. The molecular formula is C64H77N11O12S. The monoisotopic (exact) mass is 1220 g/mol. The molecule has 4 atom stereocenters. The number of nitrogens with one attached hydrogen (secondary N) is 3. The molecule has 0 unspecified atom stereocenters. The van der Waals surface area contributed by atoms with Gasteiger partial charge in [0.25, 0.3) is 21.6 Å². The van der Waals surface area contributed by atoms with Crippen LogP contribution in [0, 0.1) is 21.4 Å². The number of morpholine rings is 1. The number of sulfonamides is 1. The number of pyridine rings is 2. The van der Waals surface area contributed by atoms with Gasteiger partial charge in [-0.1, -0.05) is 18.2 Å². The number of piperazine rings is 1. The van der Waals surface area contributed by atoms with Gasteiger partial charge in [-0.15, -0.1) is 0 Å². The molecule has 1 saturated carbocycles. The maximum atomic E-state index is 15.0. The smallest absolute Gasteiger partial charge is 0.297 e. The number of aromatic nitrogens is 3. The summed E-state index contributed by atoms with van der Waals surface area (Å²) in [6, 6.07) is 22.4. The molecule has 3 aromatic heterocycles. The van der Waals surface area contributed by atoms with Crippen LogP contribution in [0.15, 0.2) is 90.1 Å². The number of carbonyl (C=O) groups excluding carboxylic acids is 1. The van der Waals surface area contributed by atoms with Crippen LogP contribution in [0.1, 0.15) is 86.3 Å². The van der Waals surface area contributed by atoms with E-state index in [0.717, 1.165) is 131 Å². The number of hydrogen-bond acceptors (Lipinski definition) is 20. The van der Waals surface area contributed by atoms with Crippen LogP contribution < -0.4 is 43.7 Å². The normalized spacial score (nSPS) is 23.5. The van der Waals surface area contributed by atoms with Gasteiger partial charge in [0.2, 0.25) is 5.88 Å². The Balaban J connectivity index is 0.721. The molecule has 1 spiro atoms. The van der Waals surface area contributed by atoms with Gasteiger partial charge >= 0.3 is 0 Å². The minimum absolute atomic E-state index is 0.0217. The van der Waals surface area contributed by atoms with Gasteiger partial charge in [-0.05, 0) is 118 Å². The number of anilines is 5. The van der Waals surface area contributed by atoms with Crippen LogP contribution in [0.25, 0.3) is 11.0 Å². The second-order valence-corrected chi connectivity index (χ2v) is 26.8. The van der Waals surface area contributed by atoms with E-state index < -0.39 is 37.5 Å². The van der Waals surface area contributed by atoms with Gasteiger partial charge in [0, 0.05) is 119 Å². The summed E-state index contributed by atoms with van der Waals surface area (Å²) in [5.41, 5.74) is 4.83. The first kappa shape index (κ1) is 58.2. The average Bonchev–Trinajstić information content (AvgIpc) is 1.14. The Bertz CT molecular complexity index is 3690. The van der Waals surface area contributed by atoms with Crippen molar-refractivity contribution in [3.63, 3.8) is 0 Å². The molecule has 6 aromatic rings. The Kier molecular flexibility index (Phi) is 16.0. The lowest BCUT2D eigenvalue weighted by Gasteiger charge is -2.58. The highest BCUT2D eigenvalue weighted by Gasteiger charge is 2.51. The largest absolute Gasteiger partial charge is 0.493 e. The summed E-state index contributed by atoms with van der Waals surface area (Å²) in [7, 11) is -3.01. The SMILES string of the molecule is COc1cc(CN2CCN(C3CC4(CCN(c5ccc(C(=O)NS(=O)(=O)c6cc7c(c([N+](=O)[O-])c6)N[C@H](C6CCOCC6)CO7)c(N6c7cc8cc[nH]c8nc7O[C@H]7COCC[C@@H]76)c5)CC4)C3)[C@@H](c3ccccc3OC(C)C)C2)cnc1N1CCOCC1. The lowest BCUT2D eigenvalue weighted by Crippen LogP contribution is -2.59. The molecule has 5 saturated heterocycles. The molecule has 23 nitrogen and oxygen atoms in total. The molecule has 1 aliphatic carbocycles. The van der Waals surface area contributed by atoms with E-state index in [2.05, 4.69) is 83.7 Å². The fraction of sp³-hybridized carbons (Fsp3) is 0.516. The molecule has 6 fully saturated rings. The Hall–Kier alpha value is -7.48. The molecule has 3 N–H and O–H groups in total. The highest BCUT2D eigenvalue weighted by Crippen LogP contribution is 2.54. The Morgan fingerprint density at radius 3 is 2.47 bits per heavy atom. The first-order chi connectivity index (χ1) is 42.8. The van der Waals surface area contributed by atoms with Crippen molar-refractivity contribution < 1.29 is 51.3 Å². The molecule has 14 rings (SSSR count). The zero-order valence-corrected chi connectivity index (χ0v) is 50.9. The predicted octanol–water partition coefficient (Wildman–Crippen LogP) is 8.21. The van der Waals surface area contributed by atoms with Crippen molar-refractivity contribution >= 4 is 61.2 Å². The summed E-state index contributed by atoms with van der Waals surface area (Å²) in [5.74, 6) is 2.20. The minimum atomic E-state index is -4.73. The molecule has 7 aliphatic heterocycles. The van der Waals surface area contributed by atoms with Crippen molar-refractivity contribution in [2.75, 3.05) is 119 Å². The Morgan fingerprint density at radius 1 is 0.875 bits per heavy atom. The maximum absolute atomic E-state index is 15.0. The van der Waals surface area contributed by atoms with Gasteiger partial charge in [-0.25, -0.2) is 18.1 Å². The number of hydrogen-bond donors (Lipinski definition) is 3. The fourth-order valence-corrected chi connectivity index (χ4v) is 15.8. The van der Waals surface area contributed by atoms with E-state index in [1.807, 2.05) is 36.7 Å². The highest BCUT2D eigenvalue weighted by atomic mass is 32.2. The summed E-state index contributed by atoms with van der Waals surface area (Å²) in [6.07, 6.45) is 9.57. The number of piperidine rings is 1. The number of nitro benzene ring substituents is 1. The van der Waals surface area contributed by atoms with Crippen molar-refractivity contribution in [3.05, 3.63) is 112 Å². The van der Waals surface area contributed by atoms with E-state index >= 15 is 0 Å². The number of methoxy groups -OCH3 is 1. The van der Waals surface area contributed by atoms with E-state index in [-0.39, 0.29) is 65.8 Å². The molecule has 3 aromatic carbocycles. The average molecular weight is 1220 g/mol. The molecule has 0 bridgehead atoms. The molecule has 466 valence electrons. The number of rotatable bonds is 15. The number of H-pyrrole nitrogens is 1. The van der Waals surface area contributed by atoms with Crippen LogP contribution in [-0.4, -0.2) is 174 Å². The summed E-state index contributed by atoms with van der Waals surface area (Å²) in [4.78, 5) is 51.5. The van der Waals surface area contributed by atoms with Gasteiger partial charge in [0.15, 0.2) is 23.0 Å². The van der Waals surface area contributed by atoms with Crippen molar-refractivity contribution in [2.45, 2.75) is 107 Å². The van der Waals surface area contributed by atoms with Crippen LogP contribution in [0.5, 0.6) is 23.1 Å². The molecule has 8 aliphatic rings. The first-order valence-corrected chi connectivity index (χ1v) is 32.6. The molecule has 1 amide bonds. The van der Waals surface area contributed by atoms with Crippen molar-refractivity contribution in [1.29, 1.82) is 0 Å². The maximum Gasteiger partial charge on any atom is 0.297 e. The highest BCUT2D eigenvalue weighted by molar-refractivity contribution is 7.90. The van der Waals surface area contributed by atoms with E-state index in [9.17, 15) is 23.3 Å². The lowest BCUT2D eigenvalue weighted by atomic mass is 9.59. The van der Waals surface area contributed by atoms with Gasteiger partial charge < -0.3 is 58.2 Å². The number of fused-ring (bicyclic) bond motifs is 4. The molecule has 88 heavy (non-hydrogen) atoms. The second kappa shape index (κ2) is 24.1. The zero-order valence-electron chi connectivity index (χ0n) is 50.1. The van der Waals surface area contributed by atoms with Crippen LogP contribution in [0.4, 0.5) is 34.3 Å². The molecular weight excluding hydrogens is 1150 g/mol. The third kappa shape index (κ3) is 11.4. The van der Waals surface area contributed by atoms with Gasteiger partial charge in [-0.3, -0.25) is 24.7 Å². The van der Waals surface area contributed by atoms with E-state index in [1.165, 1.54) is 11.6 Å². The number of amides is 1. The van der Waals surface area contributed by atoms with Crippen molar-refractivity contribution in [2.24, 2.45) is 11.3 Å². The van der Waals surface area contributed by atoms with Gasteiger partial charge in [0.1, 0.15) is 29.8 Å².